The van der Waals surface area contributed by atoms with E-state index < -0.39 is 6.04 Å². The highest BCUT2D eigenvalue weighted by atomic mass is 16.2. The second-order valence-corrected chi connectivity index (χ2v) is 9.13. The van der Waals surface area contributed by atoms with Crippen LogP contribution in [0.15, 0.2) is 48.5 Å². The zero-order chi connectivity index (χ0) is 22.0. The number of H-pyrrole nitrogens is 1. The first-order valence-corrected chi connectivity index (χ1v) is 11.3. The zero-order valence-electron chi connectivity index (χ0n) is 18.4. The van der Waals surface area contributed by atoms with Crippen molar-refractivity contribution in [3.05, 3.63) is 65.4 Å². The summed E-state index contributed by atoms with van der Waals surface area (Å²) in [6.07, 6.45) is 0.193. The van der Waals surface area contributed by atoms with Crippen molar-refractivity contribution >= 4 is 28.4 Å². The van der Waals surface area contributed by atoms with Gasteiger partial charge in [0.15, 0.2) is 0 Å². The molecule has 0 bridgehead atoms. The molecule has 2 amide bonds. The topological polar surface area (TPSA) is 62.9 Å². The molecule has 0 spiro atoms. The molecule has 0 saturated carbocycles. The standard InChI is InChI=1S/C25H27N5O2/c1-27-11-13-29(14-12-27)25(32)21-15-18-16-7-3-5-9-19(16)26-22(18)23-28(2)20-10-6-4-8-17(20)24(31)30(21)23/h3-10,21,23,26H,11-15H2,1-2H3/t21-,23-/m0/s1. The highest BCUT2D eigenvalue weighted by Gasteiger charge is 2.49. The van der Waals surface area contributed by atoms with E-state index in [1.165, 1.54) is 0 Å². The number of para-hydroxylation sites is 2. The molecular weight excluding hydrogens is 402 g/mol. The summed E-state index contributed by atoms with van der Waals surface area (Å²) in [5.74, 6) is -0.0133. The summed E-state index contributed by atoms with van der Waals surface area (Å²) in [6.45, 7) is 3.12. The van der Waals surface area contributed by atoms with Crippen LogP contribution in [0.2, 0.25) is 0 Å². The van der Waals surface area contributed by atoms with E-state index >= 15 is 0 Å². The van der Waals surface area contributed by atoms with E-state index in [4.69, 9.17) is 0 Å². The molecule has 0 aliphatic carbocycles. The van der Waals surface area contributed by atoms with Gasteiger partial charge in [0.25, 0.3) is 5.91 Å². The molecule has 3 aliphatic rings. The van der Waals surface area contributed by atoms with Gasteiger partial charge in [0.2, 0.25) is 5.91 Å². The van der Waals surface area contributed by atoms with E-state index in [1.807, 2.05) is 53.2 Å². The quantitative estimate of drug-likeness (QED) is 0.646. The van der Waals surface area contributed by atoms with Gasteiger partial charge in [-0.15, -0.1) is 0 Å². The lowest BCUT2D eigenvalue weighted by molar-refractivity contribution is -0.139. The Balaban J connectivity index is 1.50. The van der Waals surface area contributed by atoms with Gasteiger partial charge >= 0.3 is 0 Å². The maximum absolute atomic E-state index is 13.8. The van der Waals surface area contributed by atoms with Gasteiger partial charge in [0.05, 0.1) is 16.9 Å². The van der Waals surface area contributed by atoms with Gasteiger partial charge in [-0.05, 0) is 30.8 Å². The van der Waals surface area contributed by atoms with Gasteiger partial charge in [0.1, 0.15) is 12.2 Å². The summed E-state index contributed by atoms with van der Waals surface area (Å²) >= 11 is 0. The van der Waals surface area contributed by atoms with Gasteiger partial charge in [-0.25, -0.2) is 0 Å². The number of likely N-dealkylation sites (N-methyl/N-ethyl adjacent to an activating group) is 1. The van der Waals surface area contributed by atoms with E-state index in [1.54, 1.807) is 0 Å². The molecule has 2 atom stereocenters. The van der Waals surface area contributed by atoms with Gasteiger partial charge in [-0.2, -0.15) is 0 Å². The van der Waals surface area contributed by atoms with Crippen molar-refractivity contribution in [2.45, 2.75) is 18.6 Å². The molecule has 0 unspecified atom stereocenters. The minimum absolute atomic E-state index is 0.0557. The van der Waals surface area contributed by atoms with Crippen molar-refractivity contribution < 1.29 is 9.59 Å². The number of amides is 2. The minimum atomic E-state index is -0.515. The number of hydrogen-bond acceptors (Lipinski definition) is 4. The fourth-order valence-corrected chi connectivity index (χ4v) is 5.57. The lowest BCUT2D eigenvalue weighted by Gasteiger charge is -2.50. The second-order valence-electron chi connectivity index (χ2n) is 9.13. The first-order valence-electron chi connectivity index (χ1n) is 11.3. The van der Waals surface area contributed by atoms with E-state index in [0.717, 1.165) is 40.9 Å². The van der Waals surface area contributed by atoms with Crippen LogP contribution in [-0.4, -0.2) is 77.8 Å². The molecule has 6 rings (SSSR count). The molecule has 3 aliphatic heterocycles. The number of piperazine rings is 1. The highest BCUT2D eigenvalue weighted by Crippen LogP contribution is 2.45. The molecule has 1 N–H and O–H groups in total. The number of hydrogen-bond donors (Lipinski definition) is 1. The van der Waals surface area contributed by atoms with Gasteiger partial charge in [-0.3, -0.25) is 9.59 Å². The van der Waals surface area contributed by atoms with Crippen LogP contribution in [0.25, 0.3) is 10.9 Å². The average Bonchev–Trinajstić information content (AvgIpc) is 3.20. The number of anilines is 1. The Hall–Kier alpha value is -3.32. The summed E-state index contributed by atoms with van der Waals surface area (Å²) in [7, 11) is 4.09. The predicted octanol–water partition coefficient (Wildman–Crippen LogP) is 2.46. The number of rotatable bonds is 1. The monoisotopic (exact) mass is 429 g/mol. The third-order valence-corrected chi connectivity index (χ3v) is 7.32. The number of benzene rings is 2. The van der Waals surface area contributed by atoms with Crippen LogP contribution in [0.3, 0.4) is 0 Å². The summed E-state index contributed by atoms with van der Waals surface area (Å²) in [5, 5.41) is 1.14. The summed E-state index contributed by atoms with van der Waals surface area (Å²) in [4.78, 5) is 39.3. The Labute approximate surface area is 187 Å². The molecule has 3 aromatic rings. The molecule has 1 saturated heterocycles. The van der Waals surface area contributed by atoms with Gasteiger partial charge in [-0.1, -0.05) is 30.3 Å². The Morgan fingerprint density at radius 3 is 2.50 bits per heavy atom. The maximum atomic E-state index is 13.8. The Kier molecular flexibility index (Phi) is 4.30. The fraction of sp³-hybridized carbons (Fsp3) is 0.360. The molecule has 1 fully saturated rings. The number of nitrogens with zero attached hydrogens (tertiary/aromatic N) is 4. The summed E-state index contributed by atoms with van der Waals surface area (Å²) < 4.78 is 0. The number of carbonyl (C=O) groups is 2. The first-order chi connectivity index (χ1) is 15.5. The van der Waals surface area contributed by atoms with Crippen LogP contribution in [0.5, 0.6) is 0 Å². The summed E-state index contributed by atoms with van der Waals surface area (Å²) in [5.41, 5.74) is 4.76. The minimum Gasteiger partial charge on any atom is -0.355 e. The van der Waals surface area contributed by atoms with Crippen LogP contribution in [0, 0.1) is 0 Å². The molecular formula is C25H27N5O2. The van der Waals surface area contributed by atoms with E-state index in [-0.39, 0.29) is 18.0 Å². The van der Waals surface area contributed by atoms with E-state index in [2.05, 4.69) is 34.0 Å². The molecule has 7 nitrogen and oxygen atoms in total. The van der Waals surface area contributed by atoms with Crippen LogP contribution in [-0.2, 0) is 11.2 Å². The van der Waals surface area contributed by atoms with Crippen molar-refractivity contribution in [2.24, 2.45) is 0 Å². The lowest BCUT2D eigenvalue weighted by Crippen LogP contribution is -2.62. The number of carbonyl (C=O) groups excluding carboxylic acids is 2. The smallest absolute Gasteiger partial charge is 0.258 e. The average molecular weight is 430 g/mol. The van der Waals surface area contributed by atoms with Crippen molar-refractivity contribution in [3.63, 3.8) is 0 Å². The van der Waals surface area contributed by atoms with Crippen LogP contribution >= 0.6 is 0 Å². The van der Waals surface area contributed by atoms with Crippen molar-refractivity contribution in [1.82, 2.24) is 19.7 Å². The Bertz CT molecular complexity index is 1230. The van der Waals surface area contributed by atoms with Crippen molar-refractivity contribution in [3.8, 4) is 0 Å². The lowest BCUT2D eigenvalue weighted by atomic mass is 9.90. The summed E-state index contributed by atoms with van der Waals surface area (Å²) in [6, 6.07) is 15.4. The SMILES string of the molecule is CN1CCN(C(=O)[C@@H]2Cc3c([nH]c4ccccc34)[C@H]3N(C)c4ccccc4C(=O)N23)CC1. The molecule has 2 aromatic carbocycles. The second kappa shape index (κ2) is 7.10. The first kappa shape index (κ1) is 19.4. The van der Waals surface area contributed by atoms with Gasteiger partial charge in [0, 0.05) is 50.6 Å². The number of nitrogens with one attached hydrogen (secondary N) is 1. The zero-order valence-corrected chi connectivity index (χ0v) is 18.4. The van der Waals surface area contributed by atoms with Crippen molar-refractivity contribution in [1.29, 1.82) is 0 Å². The molecule has 0 radical (unpaired) electrons. The normalized spacial score (nSPS) is 23.2. The van der Waals surface area contributed by atoms with E-state index in [9.17, 15) is 9.59 Å². The van der Waals surface area contributed by atoms with Crippen LogP contribution in [0.1, 0.15) is 27.8 Å². The van der Waals surface area contributed by atoms with Gasteiger partial charge < -0.3 is 24.6 Å². The van der Waals surface area contributed by atoms with E-state index in [0.29, 0.717) is 25.1 Å². The van der Waals surface area contributed by atoms with Crippen LogP contribution < -0.4 is 4.90 Å². The number of aromatic amines is 1. The molecule has 164 valence electrons. The third-order valence-electron chi connectivity index (χ3n) is 7.32. The highest BCUT2D eigenvalue weighted by molar-refractivity contribution is 6.05. The fourth-order valence-electron chi connectivity index (χ4n) is 5.57. The molecule has 32 heavy (non-hydrogen) atoms. The number of aromatic nitrogens is 1. The predicted molar refractivity (Wildman–Crippen MR) is 124 cm³/mol. The Morgan fingerprint density at radius 2 is 1.69 bits per heavy atom. The molecule has 4 heterocycles. The Morgan fingerprint density at radius 1 is 0.969 bits per heavy atom. The van der Waals surface area contributed by atoms with Crippen molar-refractivity contribution in [2.75, 3.05) is 45.2 Å². The third kappa shape index (κ3) is 2.70. The largest absolute Gasteiger partial charge is 0.355 e. The maximum Gasteiger partial charge on any atom is 0.258 e. The molecule has 1 aromatic heterocycles. The molecule has 7 heteroatoms. The van der Waals surface area contributed by atoms with Crippen LogP contribution in [0.4, 0.5) is 5.69 Å². The number of fused-ring (bicyclic) bond motifs is 6.